The molecule has 0 aromatic heterocycles. The van der Waals surface area contributed by atoms with Crippen molar-refractivity contribution in [3.05, 3.63) is 34.4 Å². The van der Waals surface area contributed by atoms with Crippen LogP contribution < -0.4 is 0 Å². The summed E-state index contributed by atoms with van der Waals surface area (Å²) >= 11 is 0. The van der Waals surface area contributed by atoms with Crippen LogP contribution in [0.15, 0.2) is 12.1 Å². The number of unbranched alkanes of at least 4 members (excludes halogenated alkanes) is 36. The third kappa shape index (κ3) is 30.5. The molecule has 0 nitrogen and oxygen atoms in total. The zero-order chi connectivity index (χ0) is 37.4. The smallest absolute Gasteiger partial charge is 0.0273 e. The molecule has 1 aromatic rings. The predicted molar refractivity (Wildman–Crippen MR) is 239 cm³/mol. The van der Waals surface area contributed by atoms with Crippen LogP contribution in [0, 0.1) is 6.92 Å². The van der Waals surface area contributed by atoms with Gasteiger partial charge in [0.05, 0.1) is 0 Å². The maximum atomic E-state index is 2.54. The van der Waals surface area contributed by atoms with Gasteiger partial charge in [0.2, 0.25) is 0 Å². The van der Waals surface area contributed by atoms with Gasteiger partial charge in [-0.05, 0) is 67.7 Å². The van der Waals surface area contributed by atoms with Gasteiger partial charge in [0.15, 0.2) is 0 Å². The molecule has 0 radical (unpaired) electrons. The molecule has 0 bridgehead atoms. The van der Waals surface area contributed by atoms with Crippen molar-refractivity contribution >= 4 is 0 Å². The third-order valence-electron chi connectivity index (χ3n) is 12.4. The van der Waals surface area contributed by atoms with Crippen molar-refractivity contribution in [2.75, 3.05) is 0 Å². The molecular formula is C52H98. The fourth-order valence-corrected chi connectivity index (χ4v) is 8.72. The molecule has 0 spiro atoms. The van der Waals surface area contributed by atoms with E-state index >= 15 is 0 Å². The number of hydrogen-bond donors (Lipinski definition) is 0. The van der Waals surface area contributed by atoms with Gasteiger partial charge in [-0.25, -0.2) is 0 Å². The summed E-state index contributed by atoms with van der Waals surface area (Å²) in [6, 6.07) is 5.03. The maximum Gasteiger partial charge on any atom is -0.0273 e. The average Bonchev–Trinajstić information content (AvgIpc) is 3.15. The zero-order valence-corrected chi connectivity index (χ0v) is 36.9. The molecule has 0 aliphatic rings. The van der Waals surface area contributed by atoms with Gasteiger partial charge in [-0.15, -0.1) is 0 Å². The fourth-order valence-electron chi connectivity index (χ4n) is 8.72. The molecule has 306 valence electrons. The summed E-state index contributed by atoms with van der Waals surface area (Å²) in [5, 5.41) is 0. The van der Waals surface area contributed by atoms with Crippen LogP contribution in [0.1, 0.15) is 293 Å². The topological polar surface area (TPSA) is 0 Å². The van der Waals surface area contributed by atoms with Crippen LogP contribution in [0.3, 0.4) is 0 Å². The lowest BCUT2D eigenvalue weighted by molar-refractivity contribution is 0.536. The lowest BCUT2D eigenvalue weighted by atomic mass is 9.87. The number of benzene rings is 1. The lowest BCUT2D eigenvalue weighted by Gasteiger charge is -2.18. The molecule has 52 heavy (non-hydrogen) atoms. The Labute approximate surface area is 330 Å². The molecule has 0 unspecified atom stereocenters. The Morgan fingerprint density at radius 1 is 0.250 bits per heavy atom. The van der Waals surface area contributed by atoms with Crippen LogP contribution >= 0.6 is 0 Å². The molecule has 0 saturated carbocycles. The van der Waals surface area contributed by atoms with E-state index in [1.54, 1.807) is 22.3 Å². The van der Waals surface area contributed by atoms with Crippen LogP contribution in [0.4, 0.5) is 0 Å². The Morgan fingerprint density at radius 2 is 0.481 bits per heavy atom. The molecule has 0 heteroatoms. The predicted octanol–water partition coefficient (Wildman–Crippen LogP) is 18.9. The van der Waals surface area contributed by atoms with Crippen LogP contribution in [0.25, 0.3) is 0 Å². The van der Waals surface area contributed by atoms with Crippen LogP contribution in [-0.4, -0.2) is 0 Å². The monoisotopic (exact) mass is 723 g/mol. The minimum atomic E-state index is 1.32. The van der Waals surface area contributed by atoms with Crippen LogP contribution in [0.2, 0.25) is 0 Å². The molecule has 0 heterocycles. The quantitative estimate of drug-likeness (QED) is 0.0589. The van der Waals surface area contributed by atoms with E-state index in [-0.39, 0.29) is 0 Å². The molecule has 1 rings (SSSR count). The van der Waals surface area contributed by atoms with E-state index in [0.29, 0.717) is 0 Å². The second kappa shape index (κ2) is 39.9. The summed E-state index contributed by atoms with van der Waals surface area (Å²) in [5.74, 6) is 0. The van der Waals surface area contributed by atoms with Crippen molar-refractivity contribution in [1.82, 2.24) is 0 Å². The van der Waals surface area contributed by atoms with E-state index in [1.165, 1.54) is 270 Å². The minimum Gasteiger partial charge on any atom is -0.0654 e. The van der Waals surface area contributed by atoms with Crippen molar-refractivity contribution in [3.63, 3.8) is 0 Å². The Bertz CT molecular complexity index is 835. The van der Waals surface area contributed by atoms with Gasteiger partial charge in [0.1, 0.15) is 0 Å². The van der Waals surface area contributed by atoms with Crippen molar-refractivity contribution in [1.29, 1.82) is 0 Å². The van der Waals surface area contributed by atoms with Gasteiger partial charge >= 0.3 is 0 Å². The van der Waals surface area contributed by atoms with E-state index in [2.05, 4.69) is 39.8 Å². The standard InChI is InChI=1S/C52H98/c1-5-8-11-14-17-20-23-26-29-32-35-38-41-44-50-48-47-49(4)51(45-42-39-36-33-30-27-24-21-18-15-12-9-6-2)52(50)46-43-40-37-34-31-28-25-22-19-16-13-10-7-3/h47-48H,5-46H2,1-4H3. The van der Waals surface area contributed by atoms with Crippen molar-refractivity contribution < 1.29 is 0 Å². The number of hydrogen-bond acceptors (Lipinski definition) is 0. The van der Waals surface area contributed by atoms with Gasteiger partial charge in [-0.3, -0.25) is 0 Å². The minimum absolute atomic E-state index is 1.32. The maximum absolute atomic E-state index is 2.54. The van der Waals surface area contributed by atoms with E-state index in [9.17, 15) is 0 Å². The van der Waals surface area contributed by atoms with Crippen molar-refractivity contribution in [3.8, 4) is 0 Å². The molecule has 0 aliphatic heterocycles. The van der Waals surface area contributed by atoms with Crippen LogP contribution in [0.5, 0.6) is 0 Å². The van der Waals surface area contributed by atoms with E-state index in [1.807, 2.05) is 0 Å². The van der Waals surface area contributed by atoms with E-state index in [4.69, 9.17) is 0 Å². The second-order valence-electron chi connectivity index (χ2n) is 17.5. The lowest BCUT2D eigenvalue weighted by Crippen LogP contribution is -2.04. The van der Waals surface area contributed by atoms with Gasteiger partial charge in [-0.1, -0.05) is 264 Å². The molecule has 0 saturated heterocycles. The van der Waals surface area contributed by atoms with E-state index < -0.39 is 0 Å². The summed E-state index contributed by atoms with van der Waals surface area (Å²) in [6.07, 6.45) is 60.4. The SMILES string of the molecule is CCCCCCCCCCCCCCCc1ccc(C)c(CCCCCCCCCCCCCCC)c1CCCCCCCCCCCCCCC. The second-order valence-corrected chi connectivity index (χ2v) is 17.5. The highest BCUT2D eigenvalue weighted by atomic mass is 14.2. The Balaban J connectivity index is 2.42. The first-order chi connectivity index (χ1) is 25.7. The van der Waals surface area contributed by atoms with Crippen LogP contribution in [-0.2, 0) is 19.3 Å². The molecular weight excluding hydrogens is 625 g/mol. The first kappa shape index (κ1) is 49.2. The number of aryl methyl sites for hydroxylation is 2. The number of rotatable bonds is 42. The zero-order valence-electron chi connectivity index (χ0n) is 36.9. The van der Waals surface area contributed by atoms with E-state index in [0.717, 1.165) is 0 Å². The summed E-state index contributed by atoms with van der Waals surface area (Å²) < 4.78 is 0. The van der Waals surface area contributed by atoms with Gasteiger partial charge in [0.25, 0.3) is 0 Å². The molecule has 0 fully saturated rings. The Hall–Kier alpha value is -0.780. The van der Waals surface area contributed by atoms with Crippen molar-refractivity contribution in [2.45, 2.75) is 297 Å². The highest BCUT2D eigenvalue weighted by Crippen LogP contribution is 2.27. The normalized spacial score (nSPS) is 11.6. The van der Waals surface area contributed by atoms with Gasteiger partial charge in [0, 0.05) is 0 Å². The summed E-state index contributed by atoms with van der Waals surface area (Å²) in [4.78, 5) is 0. The molecule has 1 aromatic carbocycles. The molecule has 0 aliphatic carbocycles. The van der Waals surface area contributed by atoms with Gasteiger partial charge in [-0.2, -0.15) is 0 Å². The fraction of sp³-hybridized carbons (Fsp3) is 0.885. The first-order valence-corrected chi connectivity index (χ1v) is 24.8. The third-order valence-corrected chi connectivity index (χ3v) is 12.4. The Kier molecular flexibility index (Phi) is 37.8. The molecule has 0 N–H and O–H groups in total. The highest BCUT2D eigenvalue weighted by molar-refractivity contribution is 5.41. The largest absolute Gasteiger partial charge is 0.0654 e. The summed E-state index contributed by atoms with van der Waals surface area (Å²) in [6.45, 7) is 9.37. The molecule has 0 amide bonds. The highest BCUT2D eigenvalue weighted by Gasteiger charge is 2.12. The first-order valence-electron chi connectivity index (χ1n) is 24.8. The summed E-state index contributed by atoms with van der Waals surface area (Å²) in [7, 11) is 0. The van der Waals surface area contributed by atoms with Gasteiger partial charge < -0.3 is 0 Å². The summed E-state index contributed by atoms with van der Waals surface area (Å²) in [5.41, 5.74) is 6.85. The van der Waals surface area contributed by atoms with Crippen molar-refractivity contribution in [2.24, 2.45) is 0 Å². The Morgan fingerprint density at radius 3 is 0.769 bits per heavy atom. The average molecular weight is 723 g/mol. The molecule has 0 atom stereocenters.